The van der Waals surface area contributed by atoms with Crippen LogP contribution in [0.1, 0.15) is 26.0 Å². The standard InChI is InChI=1S/C14H18BrNO2/c1-5-7-11(12-8-9-13(15)18-12)16-14(17-4)10(3)6-2/h5,7-10H,1,6H2,2-4H3/b11-7-,16-14+/t10-/m1/s1. The molecule has 1 heterocycles. The van der Waals surface area contributed by atoms with E-state index < -0.39 is 0 Å². The second kappa shape index (κ2) is 7.21. The Balaban J connectivity index is 3.10. The van der Waals surface area contributed by atoms with E-state index in [9.17, 15) is 0 Å². The van der Waals surface area contributed by atoms with Crippen molar-refractivity contribution in [3.05, 3.63) is 41.3 Å². The lowest BCUT2D eigenvalue weighted by Gasteiger charge is -2.11. The zero-order valence-corrected chi connectivity index (χ0v) is 12.5. The third-order valence-electron chi connectivity index (χ3n) is 2.58. The highest BCUT2D eigenvalue weighted by Crippen LogP contribution is 2.23. The van der Waals surface area contributed by atoms with Crippen LogP contribution >= 0.6 is 15.9 Å². The summed E-state index contributed by atoms with van der Waals surface area (Å²) in [5, 5.41) is 0. The highest BCUT2D eigenvalue weighted by atomic mass is 79.9. The third kappa shape index (κ3) is 3.88. The van der Waals surface area contributed by atoms with Crippen molar-refractivity contribution in [1.82, 2.24) is 0 Å². The van der Waals surface area contributed by atoms with Gasteiger partial charge in [-0.3, -0.25) is 0 Å². The van der Waals surface area contributed by atoms with Gasteiger partial charge >= 0.3 is 0 Å². The van der Waals surface area contributed by atoms with Gasteiger partial charge in [0.1, 0.15) is 5.70 Å². The Hall–Kier alpha value is -1.29. The molecule has 1 rings (SSSR count). The number of nitrogens with zero attached hydrogens (tertiary/aromatic N) is 1. The molecule has 18 heavy (non-hydrogen) atoms. The van der Waals surface area contributed by atoms with Gasteiger partial charge in [0.2, 0.25) is 0 Å². The van der Waals surface area contributed by atoms with Crippen LogP contribution in [0.15, 0.2) is 44.9 Å². The molecule has 0 aromatic carbocycles. The quantitative estimate of drug-likeness (QED) is 0.450. The van der Waals surface area contributed by atoms with Crippen LogP contribution in [-0.2, 0) is 4.74 Å². The fourth-order valence-electron chi connectivity index (χ4n) is 1.39. The van der Waals surface area contributed by atoms with Crippen molar-refractivity contribution in [3.8, 4) is 0 Å². The zero-order valence-electron chi connectivity index (χ0n) is 10.9. The van der Waals surface area contributed by atoms with Crippen LogP contribution < -0.4 is 0 Å². The average molecular weight is 312 g/mol. The third-order valence-corrected chi connectivity index (χ3v) is 3.00. The molecule has 0 aliphatic rings. The van der Waals surface area contributed by atoms with Crippen molar-refractivity contribution < 1.29 is 9.15 Å². The van der Waals surface area contributed by atoms with Crippen molar-refractivity contribution in [2.24, 2.45) is 10.9 Å². The first-order chi connectivity index (χ1) is 8.62. The molecule has 98 valence electrons. The Bertz CT molecular complexity index is 460. The van der Waals surface area contributed by atoms with E-state index in [1.807, 2.05) is 12.1 Å². The molecule has 3 nitrogen and oxygen atoms in total. The van der Waals surface area contributed by atoms with E-state index in [1.54, 1.807) is 19.3 Å². The molecule has 0 amide bonds. The van der Waals surface area contributed by atoms with Crippen molar-refractivity contribution >= 4 is 27.5 Å². The predicted octanol–water partition coefficient (Wildman–Crippen LogP) is 4.66. The molecule has 0 bridgehead atoms. The van der Waals surface area contributed by atoms with Gasteiger partial charge in [-0.05, 0) is 40.6 Å². The first-order valence-electron chi connectivity index (χ1n) is 5.83. The van der Waals surface area contributed by atoms with Crippen molar-refractivity contribution in [3.63, 3.8) is 0 Å². The average Bonchev–Trinajstić information content (AvgIpc) is 2.80. The van der Waals surface area contributed by atoms with Gasteiger partial charge in [-0.25, -0.2) is 4.99 Å². The summed E-state index contributed by atoms with van der Waals surface area (Å²) in [6.07, 6.45) is 4.45. The van der Waals surface area contributed by atoms with E-state index in [-0.39, 0.29) is 5.92 Å². The van der Waals surface area contributed by atoms with E-state index in [4.69, 9.17) is 9.15 Å². The number of halogens is 1. The van der Waals surface area contributed by atoms with Crippen molar-refractivity contribution in [2.75, 3.05) is 7.11 Å². The minimum atomic E-state index is 0.265. The van der Waals surface area contributed by atoms with Gasteiger partial charge in [-0.2, -0.15) is 0 Å². The molecule has 0 saturated carbocycles. The Kier molecular flexibility index (Phi) is 5.92. The lowest BCUT2D eigenvalue weighted by Crippen LogP contribution is -2.12. The van der Waals surface area contributed by atoms with Crippen LogP contribution in [0, 0.1) is 5.92 Å². The smallest absolute Gasteiger partial charge is 0.191 e. The van der Waals surface area contributed by atoms with Gasteiger partial charge in [0.15, 0.2) is 16.3 Å². The summed E-state index contributed by atoms with van der Waals surface area (Å²) in [5.74, 6) is 1.64. The van der Waals surface area contributed by atoms with Gasteiger partial charge in [0, 0.05) is 5.92 Å². The second-order valence-corrected chi connectivity index (χ2v) is 4.64. The van der Waals surface area contributed by atoms with Crippen LogP contribution in [0.3, 0.4) is 0 Å². The summed E-state index contributed by atoms with van der Waals surface area (Å²) < 4.78 is 11.5. The Labute approximate surface area is 116 Å². The number of allylic oxidation sites excluding steroid dienone is 2. The molecular formula is C14H18BrNO2. The predicted molar refractivity (Wildman–Crippen MR) is 78.5 cm³/mol. The number of furan rings is 1. The van der Waals surface area contributed by atoms with E-state index in [0.29, 0.717) is 22.0 Å². The molecule has 0 fully saturated rings. The van der Waals surface area contributed by atoms with Gasteiger partial charge in [-0.1, -0.05) is 26.5 Å². The summed E-state index contributed by atoms with van der Waals surface area (Å²) in [6.45, 7) is 7.86. The number of rotatable bonds is 5. The van der Waals surface area contributed by atoms with Crippen LogP contribution in [-0.4, -0.2) is 13.0 Å². The summed E-state index contributed by atoms with van der Waals surface area (Å²) in [6, 6.07) is 3.68. The number of methoxy groups -OCH3 is 1. The van der Waals surface area contributed by atoms with Crippen molar-refractivity contribution in [1.29, 1.82) is 0 Å². The minimum absolute atomic E-state index is 0.265. The van der Waals surface area contributed by atoms with E-state index >= 15 is 0 Å². The first-order valence-corrected chi connectivity index (χ1v) is 6.62. The highest BCUT2D eigenvalue weighted by molar-refractivity contribution is 9.10. The van der Waals surface area contributed by atoms with Gasteiger partial charge in [0.25, 0.3) is 0 Å². The molecule has 4 heteroatoms. The first kappa shape index (κ1) is 14.8. The summed E-state index contributed by atoms with van der Waals surface area (Å²) in [7, 11) is 1.63. The molecule has 0 aliphatic heterocycles. The molecule has 1 aromatic rings. The van der Waals surface area contributed by atoms with E-state index in [1.165, 1.54) is 0 Å². The highest BCUT2D eigenvalue weighted by Gasteiger charge is 2.12. The SMILES string of the molecule is C=C/C=C(\N=C(\OC)[C@H](C)CC)c1ccc(Br)o1. The maximum atomic E-state index is 5.49. The Morgan fingerprint density at radius 3 is 2.78 bits per heavy atom. The lowest BCUT2D eigenvalue weighted by atomic mass is 10.1. The number of hydrogen-bond acceptors (Lipinski definition) is 3. The fraction of sp³-hybridized carbons (Fsp3) is 0.357. The van der Waals surface area contributed by atoms with Crippen molar-refractivity contribution in [2.45, 2.75) is 20.3 Å². The minimum Gasteiger partial charge on any atom is -0.484 e. The Morgan fingerprint density at radius 2 is 2.33 bits per heavy atom. The Morgan fingerprint density at radius 1 is 1.61 bits per heavy atom. The number of ether oxygens (including phenoxy) is 1. The maximum Gasteiger partial charge on any atom is 0.191 e. The largest absolute Gasteiger partial charge is 0.484 e. The molecule has 0 N–H and O–H groups in total. The van der Waals surface area contributed by atoms with E-state index in [0.717, 1.165) is 6.42 Å². The van der Waals surface area contributed by atoms with Crippen LogP contribution in [0.25, 0.3) is 5.70 Å². The molecule has 0 spiro atoms. The van der Waals surface area contributed by atoms with Gasteiger partial charge in [-0.15, -0.1) is 0 Å². The number of aliphatic imine (C=N–C) groups is 1. The lowest BCUT2D eigenvalue weighted by molar-refractivity contribution is 0.368. The molecule has 1 atom stereocenters. The molecule has 0 radical (unpaired) electrons. The van der Waals surface area contributed by atoms with Gasteiger partial charge in [0.05, 0.1) is 7.11 Å². The summed E-state index contributed by atoms with van der Waals surface area (Å²) in [4.78, 5) is 4.51. The van der Waals surface area contributed by atoms with Crippen LogP contribution in [0.2, 0.25) is 0 Å². The number of hydrogen-bond donors (Lipinski definition) is 0. The maximum absolute atomic E-state index is 5.49. The summed E-state index contributed by atoms with van der Waals surface area (Å²) in [5.41, 5.74) is 0.702. The molecular weight excluding hydrogens is 294 g/mol. The normalized spacial score (nSPS) is 14.4. The second-order valence-electron chi connectivity index (χ2n) is 3.85. The monoisotopic (exact) mass is 311 g/mol. The summed E-state index contributed by atoms with van der Waals surface area (Å²) >= 11 is 3.28. The van der Waals surface area contributed by atoms with Crippen LogP contribution in [0.4, 0.5) is 0 Å². The molecule has 0 unspecified atom stereocenters. The van der Waals surface area contributed by atoms with E-state index in [2.05, 4.69) is 41.3 Å². The molecule has 1 aromatic heterocycles. The topological polar surface area (TPSA) is 34.7 Å². The fourth-order valence-corrected chi connectivity index (χ4v) is 1.69. The molecule has 0 saturated heterocycles. The molecule has 0 aliphatic carbocycles. The van der Waals surface area contributed by atoms with Gasteiger partial charge < -0.3 is 9.15 Å². The van der Waals surface area contributed by atoms with Crippen LogP contribution in [0.5, 0.6) is 0 Å². The zero-order chi connectivity index (χ0) is 13.5.